The highest BCUT2D eigenvalue weighted by Gasteiger charge is 2.12. The van der Waals surface area contributed by atoms with Gasteiger partial charge in [-0.25, -0.2) is 0 Å². The van der Waals surface area contributed by atoms with Crippen LogP contribution >= 0.6 is 0 Å². The van der Waals surface area contributed by atoms with Crippen molar-refractivity contribution in [2.24, 2.45) is 0 Å². The highest BCUT2D eigenvalue weighted by atomic mass is 16.2. The van der Waals surface area contributed by atoms with Gasteiger partial charge in [0, 0.05) is 19.2 Å². The topological polar surface area (TPSA) is 20.3 Å². The lowest BCUT2D eigenvalue weighted by atomic mass is 10.1. The van der Waals surface area contributed by atoms with Crippen LogP contribution in [0.25, 0.3) is 6.08 Å². The number of hydrogen-bond donors (Lipinski definition) is 0. The van der Waals surface area contributed by atoms with Crippen LogP contribution in [0.2, 0.25) is 0 Å². The molecular formula is C23H21NO. The SMILES string of the molecule is O=C(/C=C/c1ccccc1)N(Cc1ccccc1)Cc1ccccc1. The Morgan fingerprint density at radius 2 is 1.12 bits per heavy atom. The third-order valence-electron chi connectivity index (χ3n) is 3.96. The zero-order valence-corrected chi connectivity index (χ0v) is 14.1. The molecule has 124 valence electrons. The second kappa shape index (κ2) is 8.65. The number of carbonyl (C=O) groups excluding carboxylic acids is 1. The lowest BCUT2D eigenvalue weighted by Gasteiger charge is -2.21. The highest BCUT2D eigenvalue weighted by molar-refractivity contribution is 5.91. The van der Waals surface area contributed by atoms with Crippen molar-refractivity contribution in [2.75, 3.05) is 0 Å². The quantitative estimate of drug-likeness (QED) is 0.588. The van der Waals surface area contributed by atoms with Gasteiger partial charge in [-0.3, -0.25) is 4.79 Å². The molecule has 0 fully saturated rings. The molecule has 3 aromatic carbocycles. The van der Waals surface area contributed by atoms with Gasteiger partial charge in [-0.15, -0.1) is 0 Å². The first-order valence-corrected chi connectivity index (χ1v) is 8.41. The maximum atomic E-state index is 12.8. The molecule has 0 heterocycles. The molecule has 0 saturated heterocycles. The number of benzene rings is 3. The minimum atomic E-state index is 0.0107. The second-order valence-corrected chi connectivity index (χ2v) is 5.91. The zero-order chi connectivity index (χ0) is 17.3. The van der Waals surface area contributed by atoms with Crippen LogP contribution in [-0.2, 0) is 17.9 Å². The minimum absolute atomic E-state index is 0.0107. The summed E-state index contributed by atoms with van der Waals surface area (Å²) in [6.07, 6.45) is 3.52. The van der Waals surface area contributed by atoms with E-state index in [1.54, 1.807) is 6.08 Å². The van der Waals surface area contributed by atoms with Crippen molar-refractivity contribution < 1.29 is 4.79 Å². The molecular weight excluding hydrogens is 306 g/mol. The molecule has 0 aliphatic carbocycles. The summed E-state index contributed by atoms with van der Waals surface area (Å²) >= 11 is 0. The smallest absolute Gasteiger partial charge is 0.247 e. The van der Waals surface area contributed by atoms with Gasteiger partial charge in [-0.1, -0.05) is 91.0 Å². The van der Waals surface area contributed by atoms with E-state index in [1.165, 1.54) is 0 Å². The number of rotatable bonds is 6. The number of carbonyl (C=O) groups is 1. The van der Waals surface area contributed by atoms with E-state index in [2.05, 4.69) is 0 Å². The predicted octanol–water partition coefficient (Wildman–Crippen LogP) is 4.93. The Bertz CT molecular complexity index is 769. The van der Waals surface area contributed by atoms with Gasteiger partial charge >= 0.3 is 0 Å². The maximum Gasteiger partial charge on any atom is 0.247 e. The molecule has 0 radical (unpaired) electrons. The fourth-order valence-corrected chi connectivity index (χ4v) is 2.66. The van der Waals surface area contributed by atoms with Crippen molar-refractivity contribution in [3.8, 4) is 0 Å². The van der Waals surface area contributed by atoms with Gasteiger partial charge in [0.05, 0.1) is 0 Å². The van der Waals surface area contributed by atoms with Crippen LogP contribution < -0.4 is 0 Å². The first-order chi connectivity index (χ1) is 12.3. The average Bonchev–Trinajstić information content (AvgIpc) is 2.68. The molecule has 0 spiro atoms. The van der Waals surface area contributed by atoms with Gasteiger partial charge in [0.2, 0.25) is 5.91 Å². The van der Waals surface area contributed by atoms with Gasteiger partial charge in [-0.2, -0.15) is 0 Å². The summed E-state index contributed by atoms with van der Waals surface area (Å²) in [5.41, 5.74) is 3.27. The number of amides is 1. The Labute approximate surface area is 149 Å². The maximum absolute atomic E-state index is 12.8. The molecule has 3 aromatic rings. The summed E-state index contributed by atoms with van der Waals surface area (Å²) in [5, 5.41) is 0. The van der Waals surface area contributed by atoms with Crippen molar-refractivity contribution in [3.05, 3.63) is 114 Å². The molecule has 0 aromatic heterocycles. The van der Waals surface area contributed by atoms with E-state index in [0.717, 1.165) is 16.7 Å². The van der Waals surface area contributed by atoms with E-state index in [-0.39, 0.29) is 5.91 Å². The number of nitrogens with zero attached hydrogens (tertiary/aromatic N) is 1. The molecule has 3 rings (SSSR count). The van der Waals surface area contributed by atoms with E-state index >= 15 is 0 Å². The van der Waals surface area contributed by atoms with Crippen molar-refractivity contribution in [1.82, 2.24) is 4.90 Å². The van der Waals surface area contributed by atoms with Crippen LogP contribution in [0.4, 0.5) is 0 Å². The predicted molar refractivity (Wildman–Crippen MR) is 103 cm³/mol. The summed E-state index contributed by atoms with van der Waals surface area (Å²) < 4.78 is 0. The van der Waals surface area contributed by atoms with Gasteiger partial charge in [0.25, 0.3) is 0 Å². The fraction of sp³-hybridized carbons (Fsp3) is 0.0870. The highest BCUT2D eigenvalue weighted by Crippen LogP contribution is 2.12. The normalized spacial score (nSPS) is 10.7. The van der Waals surface area contributed by atoms with Crippen molar-refractivity contribution in [3.63, 3.8) is 0 Å². The molecule has 0 atom stereocenters. The molecule has 0 N–H and O–H groups in total. The van der Waals surface area contributed by atoms with Gasteiger partial charge in [0.15, 0.2) is 0 Å². The summed E-state index contributed by atoms with van der Waals surface area (Å²) in [6, 6.07) is 30.1. The van der Waals surface area contributed by atoms with Crippen LogP contribution in [0.1, 0.15) is 16.7 Å². The first kappa shape index (κ1) is 16.7. The van der Waals surface area contributed by atoms with Crippen molar-refractivity contribution in [1.29, 1.82) is 0 Å². The molecule has 0 aliphatic rings. The zero-order valence-electron chi connectivity index (χ0n) is 14.1. The van der Waals surface area contributed by atoms with E-state index in [0.29, 0.717) is 13.1 Å². The summed E-state index contributed by atoms with van der Waals surface area (Å²) in [4.78, 5) is 14.6. The molecule has 1 amide bonds. The van der Waals surface area contributed by atoms with Crippen LogP contribution in [0.3, 0.4) is 0 Å². The fourth-order valence-electron chi connectivity index (χ4n) is 2.66. The standard InChI is InChI=1S/C23H21NO/c25-23(17-16-20-10-4-1-5-11-20)24(18-21-12-6-2-7-13-21)19-22-14-8-3-9-15-22/h1-17H,18-19H2/b17-16+. The van der Waals surface area contributed by atoms with Gasteiger partial charge < -0.3 is 4.90 Å². The Hall–Kier alpha value is -3.13. The molecule has 2 heteroatoms. The van der Waals surface area contributed by atoms with E-state index in [1.807, 2.05) is 102 Å². The summed E-state index contributed by atoms with van der Waals surface area (Å²) in [7, 11) is 0. The third kappa shape index (κ3) is 5.18. The second-order valence-electron chi connectivity index (χ2n) is 5.91. The Kier molecular flexibility index (Phi) is 5.78. The third-order valence-corrected chi connectivity index (χ3v) is 3.96. The largest absolute Gasteiger partial charge is 0.331 e. The van der Waals surface area contributed by atoms with Crippen molar-refractivity contribution >= 4 is 12.0 Å². The van der Waals surface area contributed by atoms with Crippen molar-refractivity contribution in [2.45, 2.75) is 13.1 Å². The molecule has 0 aliphatic heterocycles. The number of hydrogen-bond acceptors (Lipinski definition) is 1. The van der Waals surface area contributed by atoms with Crippen LogP contribution in [0, 0.1) is 0 Å². The molecule has 0 bridgehead atoms. The average molecular weight is 327 g/mol. The Morgan fingerprint density at radius 1 is 0.680 bits per heavy atom. The molecule has 2 nitrogen and oxygen atoms in total. The minimum Gasteiger partial charge on any atom is -0.331 e. The van der Waals surface area contributed by atoms with Gasteiger partial charge in [-0.05, 0) is 22.8 Å². The molecule has 25 heavy (non-hydrogen) atoms. The van der Waals surface area contributed by atoms with Crippen LogP contribution in [0.5, 0.6) is 0 Å². The Morgan fingerprint density at radius 3 is 1.60 bits per heavy atom. The molecule has 0 saturated carbocycles. The molecule has 0 unspecified atom stereocenters. The monoisotopic (exact) mass is 327 g/mol. The van der Waals surface area contributed by atoms with E-state index in [9.17, 15) is 4.79 Å². The van der Waals surface area contributed by atoms with Crippen LogP contribution in [0.15, 0.2) is 97.1 Å². The lowest BCUT2D eigenvalue weighted by molar-refractivity contribution is -0.127. The lowest BCUT2D eigenvalue weighted by Crippen LogP contribution is -2.28. The van der Waals surface area contributed by atoms with E-state index < -0.39 is 0 Å². The first-order valence-electron chi connectivity index (χ1n) is 8.41. The Balaban J connectivity index is 1.77. The summed E-state index contributed by atoms with van der Waals surface area (Å²) in [5.74, 6) is 0.0107. The van der Waals surface area contributed by atoms with Gasteiger partial charge in [0.1, 0.15) is 0 Å². The van der Waals surface area contributed by atoms with Crippen LogP contribution in [-0.4, -0.2) is 10.8 Å². The van der Waals surface area contributed by atoms with E-state index in [4.69, 9.17) is 0 Å². The summed E-state index contributed by atoms with van der Waals surface area (Å²) in [6.45, 7) is 1.18.